The zero-order valence-corrected chi connectivity index (χ0v) is 14.5. The first-order valence-corrected chi connectivity index (χ1v) is 8.89. The van der Waals surface area contributed by atoms with Gasteiger partial charge in [0.15, 0.2) is 0 Å². The van der Waals surface area contributed by atoms with E-state index in [2.05, 4.69) is 10.6 Å². The molecule has 4 amide bonds. The van der Waals surface area contributed by atoms with Crippen LogP contribution in [0.15, 0.2) is 36.4 Å². The van der Waals surface area contributed by atoms with Crippen LogP contribution in [-0.4, -0.2) is 36.0 Å². The zero-order valence-electron chi connectivity index (χ0n) is 14.5. The summed E-state index contributed by atoms with van der Waals surface area (Å²) >= 11 is 0. The molecule has 2 N–H and O–H groups in total. The van der Waals surface area contributed by atoms with Crippen LogP contribution in [0.25, 0.3) is 0 Å². The van der Waals surface area contributed by atoms with Gasteiger partial charge >= 0.3 is 6.03 Å². The predicted octanol–water partition coefficient (Wildman–Crippen LogP) is 1.97. The van der Waals surface area contributed by atoms with E-state index in [1.54, 1.807) is 24.3 Å². The van der Waals surface area contributed by atoms with Gasteiger partial charge in [-0.25, -0.2) is 4.79 Å². The third-order valence-corrected chi connectivity index (χ3v) is 5.38. The van der Waals surface area contributed by atoms with Crippen LogP contribution in [0, 0.1) is 23.7 Å². The van der Waals surface area contributed by atoms with E-state index in [0.717, 1.165) is 12.2 Å². The largest absolute Gasteiger partial charge is 0.494 e. The monoisotopic (exact) mass is 355 g/mol. The number of nitrogens with zero attached hydrogens (tertiary/aromatic N) is 1. The summed E-state index contributed by atoms with van der Waals surface area (Å²) in [5.74, 6) is 0.244. The zero-order chi connectivity index (χ0) is 18.3. The first-order valence-electron chi connectivity index (χ1n) is 8.89. The highest BCUT2D eigenvalue weighted by Crippen LogP contribution is 2.52. The second-order valence-corrected chi connectivity index (χ2v) is 6.85. The van der Waals surface area contributed by atoms with Crippen LogP contribution in [0.5, 0.6) is 5.75 Å². The molecule has 2 aliphatic carbocycles. The number of imide groups is 1. The Morgan fingerprint density at radius 2 is 1.73 bits per heavy atom. The average molecular weight is 355 g/mol. The second-order valence-electron chi connectivity index (χ2n) is 6.85. The summed E-state index contributed by atoms with van der Waals surface area (Å²) in [4.78, 5) is 38.3. The number of allylic oxidation sites excluding steroid dienone is 2. The average Bonchev–Trinajstić information content (AvgIpc) is 3.30. The molecule has 4 unspecified atom stereocenters. The van der Waals surface area contributed by atoms with E-state index in [4.69, 9.17) is 4.74 Å². The Morgan fingerprint density at radius 1 is 1.12 bits per heavy atom. The first kappa shape index (κ1) is 16.6. The fourth-order valence-corrected chi connectivity index (χ4v) is 4.25. The molecule has 1 saturated carbocycles. The minimum Gasteiger partial charge on any atom is -0.494 e. The van der Waals surface area contributed by atoms with Gasteiger partial charge in [0, 0.05) is 5.69 Å². The molecule has 2 bridgehead atoms. The van der Waals surface area contributed by atoms with Crippen LogP contribution in [-0.2, 0) is 9.59 Å². The highest BCUT2D eigenvalue weighted by atomic mass is 16.5. The van der Waals surface area contributed by atoms with Gasteiger partial charge in [-0.1, -0.05) is 12.2 Å². The Kier molecular flexibility index (Phi) is 4.14. The molecule has 7 heteroatoms. The number of hydrogen-bond donors (Lipinski definition) is 2. The smallest absolute Gasteiger partial charge is 0.320 e. The number of anilines is 1. The molecule has 4 atom stereocenters. The van der Waals surface area contributed by atoms with Gasteiger partial charge in [-0.05, 0) is 49.4 Å². The molecule has 136 valence electrons. The maximum Gasteiger partial charge on any atom is 0.320 e. The van der Waals surface area contributed by atoms with Crippen molar-refractivity contribution >= 4 is 23.5 Å². The van der Waals surface area contributed by atoms with E-state index in [1.807, 2.05) is 19.1 Å². The number of urea groups is 1. The van der Waals surface area contributed by atoms with E-state index in [-0.39, 0.29) is 42.2 Å². The van der Waals surface area contributed by atoms with E-state index >= 15 is 0 Å². The predicted molar refractivity (Wildman–Crippen MR) is 94.2 cm³/mol. The summed E-state index contributed by atoms with van der Waals surface area (Å²) in [7, 11) is 0. The Hall–Kier alpha value is -2.83. The summed E-state index contributed by atoms with van der Waals surface area (Å²) < 4.78 is 5.35. The molecule has 7 nitrogen and oxygen atoms in total. The van der Waals surface area contributed by atoms with Gasteiger partial charge < -0.3 is 15.4 Å². The third-order valence-electron chi connectivity index (χ3n) is 5.38. The Balaban J connectivity index is 1.32. The number of ether oxygens (including phenoxy) is 1. The fourth-order valence-electron chi connectivity index (χ4n) is 4.25. The molecule has 1 aliphatic heterocycles. The summed E-state index contributed by atoms with van der Waals surface area (Å²) in [5.41, 5.74) is 0.601. The van der Waals surface area contributed by atoms with Crippen molar-refractivity contribution in [3.05, 3.63) is 36.4 Å². The lowest BCUT2D eigenvalue weighted by Crippen LogP contribution is -2.43. The fraction of sp³-hybridized carbons (Fsp3) is 0.421. The lowest BCUT2D eigenvalue weighted by molar-refractivity contribution is -0.140. The SMILES string of the molecule is CCOc1ccc(NC(=O)NCN2C(=O)C3C4C=CC(C4)C3C2=O)cc1. The first-order chi connectivity index (χ1) is 12.6. The van der Waals surface area contributed by atoms with Gasteiger partial charge in [0.25, 0.3) is 0 Å². The molecule has 0 aromatic heterocycles. The van der Waals surface area contributed by atoms with Crippen molar-refractivity contribution in [1.29, 1.82) is 0 Å². The number of hydrogen-bond acceptors (Lipinski definition) is 4. The van der Waals surface area contributed by atoms with E-state index in [9.17, 15) is 14.4 Å². The number of carbonyl (C=O) groups is 3. The number of benzene rings is 1. The molecular formula is C19H21N3O4. The number of likely N-dealkylation sites (tertiary alicyclic amines) is 1. The van der Waals surface area contributed by atoms with Crippen LogP contribution in [0.1, 0.15) is 13.3 Å². The van der Waals surface area contributed by atoms with Crippen molar-refractivity contribution in [2.75, 3.05) is 18.6 Å². The topological polar surface area (TPSA) is 87.7 Å². The van der Waals surface area contributed by atoms with Gasteiger partial charge in [0.2, 0.25) is 11.8 Å². The van der Waals surface area contributed by atoms with Crippen LogP contribution in [0.4, 0.5) is 10.5 Å². The van der Waals surface area contributed by atoms with Crippen molar-refractivity contribution < 1.29 is 19.1 Å². The standard InChI is InChI=1S/C19H21N3O4/c1-2-26-14-7-5-13(6-8-14)21-19(25)20-10-22-17(23)15-11-3-4-12(9-11)16(15)18(22)24/h3-8,11-12,15-16H,2,9-10H2,1H3,(H2,20,21,25). The van der Waals surface area contributed by atoms with Crippen molar-refractivity contribution in [1.82, 2.24) is 10.2 Å². The number of carbonyl (C=O) groups excluding carboxylic acids is 3. The van der Waals surface area contributed by atoms with Gasteiger partial charge in [-0.3, -0.25) is 14.5 Å². The van der Waals surface area contributed by atoms with E-state index < -0.39 is 6.03 Å². The molecule has 1 aromatic rings. The summed E-state index contributed by atoms with van der Waals surface area (Å²) in [5, 5.41) is 5.27. The molecule has 2 fully saturated rings. The van der Waals surface area contributed by atoms with Gasteiger partial charge in [0.05, 0.1) is 18.4 Å². The number of rotatable bonds is 5. The molecule has 26 heavy (non-hydrogen) atoms. The summed E-state index contributed by atoms with van der Waals surface area (Å²) in [6, 6.07) is 6.51. The number of amides is 4. The van der Waals surface area contributed by atoms with Crippen LogP contribution in [0.3, 0.4) is 0 Å². The van der Waals surface area contributed by atoms with E-state index in [0.29, 0.717) is 12.3 Å². The normalized spacial score (nSPS) is 28.4. The van der Waals surface area contributed by atoms with Crippen molar-refractivity contribution in [3.8, 4) is 5.75 Å². The minimum absolute atomic E-state index is 0.104. The van der Waals surface area contributed by atoms with Crippen LogP contribution < -0.4 is 15.4 Å². The lowest BCUT2D eigenvalue weighted by Gasteiger charge is -2.18. The van der Waals surface area contributed by atoms with Crippen molar-refractivity contribution in [3.63, 3.8) is 0 Å². The van der Waals surface area contributed by atoms with E-state index in [1.165, 1.54) is 4.90 Å². The second kappa shape index (κ2) is 6.48. The number of fused-ring (bicyclic) bond motifs is 5. The Bertz CT molecular complexity index is 743. The van der Waals surface area contributed by atoms with Crippen LogP contribution in [0.2, 0.25) is 0 Å². The van der Waals surface area contributed by atoms with Gasteiger partial charge in [0.1, 0.15) is 12.4 Å². The Labute approximate surface area is 151 Å². The van der Waals surface area contributed by atoms with Crippen LogP contribution >= 0.6 is 0 Å². The van der Waals surface area contributed by atoms with Crippen molar-refractivity contribution in [2.24, 2.45) is 23.7 Å². The maximum atomic E-state index is 12.5. The molecule has 3 aliphatic rings. The highest BCUT2D eigenvalue weighted by Gasteiger charge is 2.59. The van der Waals surface area contributed by atoms with Gasteiger partial charge in [-0.15, -0.1) is 0 Å². The minimum atomic E-state index is -0.465. The maximum absolute atomic E-state index is 12.5. The Morgan fingerprint density at radius 3 is 2.31 bits per heavy atom. The molecular weight excluding hydrogens is 334 g/mol. The van der Waals surface area contributed by atoms with Gasteiger partial charge in [-0.2, -0.15) is 0 Å². The molecule has 0 radical (unpaired) electrons. The molecule has 0 spiro atoms. The molecule has 4 rings (SSSR count). The third kappa shape index (κ3) is 2.73. The summed E-state index contributed by atoms with van der Waals surface area (Å²) in [6.45, 7) is 2.37. The molecule has 1 heterocycles. The van der Waals surface area contributed by atoms with Crippen molar-refractivity contribution in [2.45, 2.75) is 13.3 Å². The highest BCUT2D eigenvalue weighted by molar-refractivity contribution is 6.06. The number of nitrogens with one attached hydrogen (secondary N) is 2. The lowest BCUT2D eigenvalue weighted by atomic mass is 9.85. The summed E-state index contributed by atoms with van der Waals surface area (Å²) in [6.07, 6.45) is 4.99. The quantitative estimate of drug-likeness (QED) is 0.624. The molecule has 1 aromatic carbocycles. The molecule has 1 saturated heterocycles.